The van der Waals surface area contributed by atoms with Crippen LogP contribution in [0.1, 0.15) is 5.56 Å². The van der Waals surface area contributed by atoms with Crippen LogP contribution >= 0.6 is 0 Å². The smallest absolute Gasteiger partial charge is 0.160 e. The number of nitrogens with zero attached hydrogens (tertiary/aromatic N) is 7. The summed E-state index contributed by atoms with van der Waals surface area (Å²) >= 11 is 0. The fourth-order valence-electron chi connectivity index (χ4n) is 14.9. The Morgan fingerprint density at radius 3 is 0.979 bits per heavy atom. The Morgan fingerprint density at radius 2 is 0.531 bits per heavy atom. The molecule has 0 amide bonds. The normalized spacial score (nSPS) is 11.7. The molecule has 0 unspecified atom stereocenters. The number of nitriles is 1. The number of para-hydroxylation sites is 6. The maximum absolute atomic E-state index is 10.1. The summed E-state index contributed by atoms with van der Waals surface area (Å²) < 4.78 is 9.49. The zero-order valence-corrected chi connectivity index (χ0v) is 51.9. The molecule has 0 spiro atoms. The molecule has 0 bridgehead atoms. The van der Waals surface area contributed by atoms with Crippen molar-refractivity contribution in [3.05, 3.63) is 339 Å². The molecule has 0 saturated carbocycles. The SMILES string of the molecule is N#Cc1cccc(-c2nc(-c3cccc(-c4ccc(-n5c6ccccc6c6cc(-c7ccc8c(c7)c7ccccc7n8-c7ccccc7)ccc65)cc4)c3)cc(-c3cccc(-n4c5ccccc5c5cc(-c6ccc7c(c6)c6ccccc6n7-c6ccccc6)ccc54)c3)n2)c1. The molecule has 0 N–H and O–H groups in total. The quantitative estimate of drug-likeness (QED) is 0.137. The third kappa shape index (κ3) is 8.89. The van der Waals surface area contributed by atoms with Crippen LogP contribution in [0.25, 0.3) is 177 Å². The van der Waals surface area contributed by atoms with E-state index < -0.39 is 0 Å². The molecule has 19 aromatic rings. The summed E-state index contributed by atoms with van der Waals surface area (Å²) in [4.78, 5) is 10.6. The fraction of sp³-hybridized carbons (Fsp3) is 0. The van der Waals surface area contributed by atoms with Crippen LogP contribution < -0.4 is 0 Å². The number of benzene rings is 14. The standard InChI is InChI=1S/C89H55N7/c90-56-57-18-15-22-66(48-57)89-91-79(55-80(92-89)65-21-17-27-70(50-65)96-84-35-14-10-31-74(84)78-54-63(41-47-88(78)96)61-39-45-86-76(52-61)72-29-8-12-33-82(72)94(86)68-25-5-2-6-26-68)64-20-16-19-59(49-64)58-36-42-69(43-37-58)95-83-34-13-9-30-73(83)77-53-62(40-46-87(77)95)60-38-44-85-75(51-60)71-28-7-11-32-81(71)93(85)67-23-3-1-4-24-67/h1-55H. The lowest BCUT2D eigenvalue weighted by molar-refractivity contribution is 1.16. The molecule has 96 heavy (non-hydrogen) atoms. The van der Waals surface area contributed by atoms with Crippen molar-refractivity contribution >= 4 is 87.2 Å². The van der Waals surface area contributed by atoms with Gasteiger partial charge < -0.3 is 18.3 Å². The van der Waals surface area contributed by atoms with Gasteiger partial charge in [0.25, 0.3) is 0 Å². The van der Waals surface area contributed by atoms with Gasteiger partial charge in [-0.1, -0.05) is 188 Å². The molecular weight excluding hydrogens is 1170 g/mol. The zero-order chi connectivity index (χ0) is 63.4. The van der Waals surface area contributed by atoms with Crippen LogP contribution in [0.3, 0.4) is 0 Å². The van der Waals surface area contributed by atoms with Crippen molar-refractivity contribution in [3.8, 4) is 96.1 Å². The van der Waals surface area contributed by atoms with Crippen LogP contribution in [-0.2, 0) is 0 Å². The second-order valence-corrected chi connectivity index (χ2v) is 24.8. The first-order chi connectivity index (χ1) is 47.5. The Hall–Kier alpha value is -13.2. The van der Waals surface area contributed by atoms with Crippen LogP contribution in [-0.4, -0.2) is 28.2 Å². The first-order valence-corrected chi connectivity index (χ1v) is 32.5. The first kappa shape index (κ1) is 54.6. The molecule has 7 heteroatoms. The molecule has 0 atom stereocenters. The van der Waals surface area contributed by atoms with E-state index in [0.717, 1.165) is 89.6 Å². The average molecular weight is 1220 g/mol. The van der Waals surface area contributed by atoms with E-state index in [9.17, 15) is 5.26 Å². The number of fused-ring (bicyclic) bond motifs is 12. The highest BCUT2D eigenvalue weighted by Gasteiger charge is 2.21. The van der Waals surface area contributed by atoms with E-state index >= 15 is 0 Å². The van der Waals surface area contributed by atoms with Gasteiger partial charge in [0, 0.05) is 82.5 Å². The lowest BCUT2D eigenvalue weighted by atomic mass is 10.00. The maximum Gasteiger partial charge on any atom is 0.160 e. The van der Waals surface area contributed by atoms with Gasteiger partial charge in [-0.3, -0.25) is 0 Å². The van der Waals surface area contributed by atoms with Crippen molar-refractivity contribution in [3.63, 3.8) is 0 Å². The average Bonchev–Trinajstić information content (AvgIpc) is 1.59. The molecule has 7 nitrogen and oxygen atoms in total. The second-order valence-electron chi connectivity index (χ2n) is 24.8. The number of rotatable bonds is 10. The topological polar surface area (TPSA) is 69.3 Å². The van der Waals surface area contributed by atoms with Gasteiger partial charge in [-0.25, -0.2) is 9.97 Å². The van der Waals surface area contributed by atoms with E-state index in [2.05, 4.69) is 334 Å². The van der Waals surface area contributed by atoms with Crippen molar-refractivity contribution < 1.29 is 0 Å². The summed E-state index contributed by atoms with van der Waals surface area (Å²) in [7, 11) is 0. The minimum Gasteiger partial charge on any atom is -0.309 e. The van der Waals surface area contributed by atoms with Crippen LogP contribution in [0.4, 0.5) is 0 Å². The predicted octanol–water partition coefficient (Wildman–Crippen LogP) is 22.7. The van der Waals surface area contributed by atoms with E-state index in [1.54, 1.807) is 0 Å². The van der Waals surface area contributed by atoms with E-state index in [1.165, 1.54) is 81.8 Å². The number of hydrogen-bond donors (Lipinski definition) is 0. The van der Waals surface area contributed by atoms with Gasteiger partial charge in [-0.15, -0.1) is 0 Å². The van der Waals surface area contributed by atoms with Crippen LogP contribution in [0.15, 0.2) is 334 Å². The summed E-state index contributed by atoms with van der Waals surface area (Å²) in [6.45, 7) is 0. The van der Waals surface area contributed by atoms with E-state index in [4.69, 9.17) is 9.97 Å². The molecule has 0 aliphatic heterocycles. The minimum absolute atomic E-state index is 0.540. The molecule has 0 aliphatic rings. The highest BCUT2D eigenvalue weighted by Crippen LogP contribution is 2.42. The Balaban J connectivity index is 0.664. The molecule has 446 valence electrons. The van der Waals surface area contributed by atoms with Gasteiger partial charge in [0.05, 0.1) is 67.2 Å². The summed E-state index contributed by atoms with van der Waals surface area (Å²) in [6.07, 6.45) is 0. The summed E-state index contributed by atoms with van der Waals surface area (Å²) in [6, 6.07) is 122. The molecule has 19 rings (SSSR count). The number of aromatic nitrogens is 6. The van der Waals surface area contributed by atoms with Crippen molar-refractivity contribution in [2.45, 2.75) is 0 Å². The lowest BCUT2D eigenvalue weighted by Crippen LogP contribution is -1.98. The van der Waals surface area contributed by atoms with Gasteiger partial charge in [-0.05, 0) is 179 Å². The lowest BCUT2D eigenvalue weighted by Gasteiger charge is -2.13. The van der Waals surface area contributed by atoms with Gasteiger partial charge >= 0.3 is 0 Å². The summed E-state index contributed by atoms with van der Waals surface area (Å²) in [5.74, 6) is 0.540. The molecule has 0 radical (unpaired) electrons. The predicted molar refractivity (Wildman–Crippen MR) is 397 cm³/mol. The Kier molecular flexibility index (Phi) is 12.5. The largest absolute Gasteiger partial charge is 0.309 e. The molecule has 5 heterocycles. The van der Waals surface area contributed by atoms with Crippen LogP contribution in [0.5, 0.6) is 0 Å². The molecule has 5 aromatic heterocycles. The second kappa shape index (κ2) is 22.0. The molecule has 0 saturated heterocycles. The van der Waals surface area contributed by atoms with E-state index in [0.29, 0.717) is 11.4 Å². The van der Waals surface area contributed by atoms with Crippen LogP contribution in [0, 0.1) is 11.3 Å². The summed E-state index contributed by atoms with van der Waals surface area (Å²) in [5, 5.41) is 19.8. The van der Waals surface area contributed by atoms with E-state index in [-0.39, 0.29) is 0 Å². The molecular formula is C89H55N7. The highest BCUT2D eigenvalue weighted by atomic mass is 15.0. The Labute approximate surface area is 552 Å². The van der Waals surface area contributed by atoms with Gasteiger partial charge in [0.2, 0.25) is 0 Å². The number of hydrogen-bond acceptors (Lipinski definition) is 3. The van der Waals surface area contributed by atoms with Crippen LogP contribution in [0.2, 0.25) is 0 Å². The van der Waals surface area contributed by atoms with Gasteiger partial charge in [0.15, 0.2) is 5.82 Å². The Morgan fingerprint density at radius 1 is 0.208 bits per heavy atom. The third-order valence-electron chi connectivity index (χ3n) is 19.4. The monoisotopic (exact) mass is 1220 g/mol. The van der Waals surface area contributed by atoms with Crippen molar-refractivity contribution in [2.24, 2.45) is 0 Å². The van der Waals surface area contributed by atoms with Crippen molar-refractivity contribution in [1.29, 1.82) is 5.26 Å². The summed E-state index contributed by atoms with van der Waals surface area (Å²) in [5.41, 5.74) is 25.3. The highest BCUT2D eigenvalue weighted by molar-refractivity contribution is 6.15. The maximum atomic E-state index is 10.1. The third-order valence-corrected chi connectivity index (χ3v) is 19.4. The van der Waals surface area contributed by atoms with Gasteiger partial charge in [0.1, 0.15) is 0 Å². The van der Waals surface area contributed by atoms with Crippen molar-refractivity contribution in [1.82, 2.24) is 28.2 Å². The minimum atomic E-state index is 0.540. The van der Waals surface area contributed by atoms with E-state index in [1.807, 2.05) is 24.3 Å². The van der Waals surface area contributed by atoms with Crippen molar-refractivity contribution in [2.75, 3.05) is 0 Å². The molecule has 0 fully saturated rings. The first-order valence-electron chi connectivity index (χ1n) is 32.5. The fourth-order valence-corrected chi connectivity index (χ4v) is 14.9. The zero-order valence-electron chi connectivity index (χ0n) is 51.9. The Bertz CT molecular complexity index is 6400. The molecule has 14 aromatic carbocycles. The van der Waals surface area contributed by atoms with Gasteiger partial charge in [-0.2, -0.15) is 5.26 Å². The molecule has 0 aliphatic carbocycles.